The molecule has 3 rings (SSSR count). The summed E-state index contributed by atoms with van der Waals surface area (Å²) in [6, 6.07) is 9.01. The van der Waals surface area contributed by atoms with Crippen LogP contribution in [0.4, 0.5) is 11.4 Å². The van der Waals surface area contributed by atoms with Gasteiger partial charge in [0, 0.05) is 33.4 Å². The summed E-state index contributed by atoms with van der Waals surface area (Å²) < 4.78 is 29.8. The summed E-state index contributed by atoms with van der Waals surface area (Å²) in [4.78, 5) is 7.70. The van der Waals surface area contributed by atoms with Crippen LogP contribution < -0.4 is 9.62 Å². The molecule has 1 fully saturated rings. The molecule has 2 atom stereocenters. The van der Waals surface area contributed by atoms with Gasteiger partial charge in [-0.05, 0) is 37.5 Å². The highest BCUT2D eigenvalue weighted by atomic mass is 32.2. The van der Waals surface area contributed by atoms with Crippen molar-refractivity contribution in [2.75, 3.05) is 36.8 Å². The Labute approximate surface area is 161 Å². The van der Waals surface area contributed by atoms with Gasteiger partial charge in [0.1, 0.15) is 17.0 Å². The second-order valence-electron chi connectivity index (χ2n) is 6.35. The Balaban J connectivity index is 1.78. The monoisotopic (exact) mass is 392 g/mol. The standard InChI is InChI=1S/C18H24N4O2S2/c1-21(2)26(24)16-8-6-7-15(13-16)25(23)20-17-14-19-10-9-18(17)22-11-4-3-5-12-22/h6-10,13-14,20H,3-5,11-12H2,1-2H3. The number of hydrogen-bond acceptors (Lipinski definition) is 6. The average molecular weight is 393 g/mol. The molecule has 1 aromatic heterocycles. The first kappa shape index (κ1) is 19.3. The van der Waals surface area contributed by atoms with E-state index in [1.165, 1.54) is 19.3 Å². The van der Waals surface area contributed by atoms with Crippen LogP contribution in [0.3, 0.4) is 0 Å². The van der Waals surface area contributed by atoms with E-state index in [2.05, 4.69) is 14.6 Å². The smallest absolute Gasteiger partial charge is 0.185 e. The number of rotatable bonds is 6. The van der Waals surface area contributed by atoms with Gasteiger partial charge in [0.05, 0.1) is 29.3 Å². The van der Waals surface area contributed by atoms with Crippen molar-refractivity contribution in [3.8, 4) is 0 Å². The van der Waals surface area contributed by atoms with E-state index < -0.39 is 22.7 Å². The van der Waals surface area contributed by atoms with Gasteiger partial charge in [0.25, 0.3) is 0 Å². The Morgan fingerprint density at radius 3 is 2.54 bits per heavy atom. The molecule has 2 aromatic rings. The summed E-state index contributed by atoms with van der Waals surface area (Å²) in [5.41, 5.74) is 1.79. The van der Waals surface area contributed by atoms with Gasteiger partial charge in [0.2, 0.25) is 0 Å². The van der Waals surface area contributed by atoms with Crippen LogP contribution in [0.2, 0.25) is 0 Å². The Kier molecular flexibility index (Phi) is 6.66. The molecule has 2 heterocycles. The van der Waals surface area contributed by atoms with Crippen LogP contribution in [0.1, 0.15) is 19.3 Å². The number of piperidine rings is 1. The summed E-state index contributed by atoms with van der Waals surface area (Å²) in [6.45, 7) is 2.01. The molecular weight excluding hydrogens is 368 g/mol. The second-order valence-corrected chi connectivity index (χ2v) is 9.26. The molecule has 0 bridgehead atoms. The van der Waals surface area contributed by atoms with Crippen LogP contribution >= 0.6 is 0 Å². The largest absolute Gasteiger partial charge is 0.593 e. The van der Waals surface area contributed by atoms with Crippen LogP contribution in [0.25, 0.3) is 0 Å². The molecule has 0 aliphatic carbocycles. The molecule has 26 heavy (non-hydrogen) atoms. The van der Waals surface area contributed by atoms with E-state index in [-0.39, 0.29) is 0 Å². The van der Waals surface area contributed by atoms with Gasteiger partial charge in [-0.25, -0.2) is 0 Å². The Bertz CT molecular complexity index is 726. The van der Waals surface area contributed by atoms with Gasteiger partial charge in [-0.1, -0.05) is 6.07 Å². The van der Waals surface area contributed by atoms with Gasteiger partial charge in [0.15, 0.2) is 9.79 Å². The highest BCUT2D eigenvalue weighted by molar-refractivity contribution is 7.93. The topological polar surface area (TPSA) is 77.5 Å². The molecule has 1 saturated heterocycles. The first-order valence-electron chi connectivity index (χ1n) is 8.63. The molecule has 1 aliphatic heterocycles. The van der Waals surface area contributed by atoms with Crippen LogP contribution in [-0.2, 0) is 22.7 Å². The Morgan fingerprint density at radius 2 is 1.81 bits per heavy atom. The fraction of sp³-hybridized carbons (Fsp3) is 0.389. The predicted octanol–water partition coefficient (Wildman–Crippen LogP) is 2.79. The number of benzene rings is 1. The van der Waals surface area contributed by atoms with E-state index in [0.29, 0.717) is 9.79 Å². The normalized spacial score (nSPS) is 17.2. The van der Waals surface area contributed by atoms with E-state index in [9.17, 15) is 9.11 Å². The van der Waals surface area contributed by atoms with Gasteiger partial charge in [-0.2, -0.15) is 4.72 Å². The molecule has 6 nitrogen and oxygen atoms in total. The zero-order chi connectivity index (χ0) is 18.5. The third-order valence-electron chi connectivity index (χ3n) is 4.25. The molecular formula is C18H24N4O2S2. The lowest BCUT2D eigenvalue weighted by Crippen LogP contribution is -2.30. The Hall–Kier alpha value is -1.45. The van der Waals surface area contributed by atoms with Crippen molar-refractivity contribution in [3.63, 3.8) is 0 Å². The number of hydrogen-bond donors (Lipinski definition) is 1. The van der Waals surface area contributed by atoms with E-state index in [4.69, 9.17) is 0 Å². The van der Waals surface area contributed by atoms with E-state index >= 15 is 0 Å². The van der Waals surface area contributed by atoms with Crippen molar-refractivity contribution in [2.45, 2.75) is 29.1 Å². The SMILES string of the molecule is CN(C)[S+]([O-])c1cccc([S+]([O-])Nc2cnccc2N2CCCCC2)c1. The zero-order valence-corrected chi connectivity index (χ0v) is 16.7. The average Bonchev–Trinajstić information content (AvgIpc) is 2.68. The van der Waals surface area contributed by atoms with Gasteiger partial charge in [-0.15, -0.1) is 4.31 Å². The molecule has 0 amide bonds. The molecule has 0 spiro atoms. The number of nitrogens with zero attached hydrogens (tertiary/aromatic N) is 3. The lowest BCUT2D eigenvalue weighted by Gasteiger charge is -2.30. The highest BCUT2D eigenvalue weighted by Gasteiger charge is 2.22. The van der Waals surface area contributed by atoms with Gasteiger partial charge >= 0.3 is 0 Å². The maximum absolute atomic E-state index is 12.8. The molecule has 140 valence electrons. The third-order valence-corrected chi connectivity index (χ3v) is 6.66. The summed E-state index contributed by atoms with van der Waals surface area (Å²) >= 11 is -2.72. The molecule has 8 heteroatoms. The van der Waals surface area contributed by atoms with Crippen LogP contribution in [-0.4, -0.2) is 45.6 Å². The van der Waals surface area contributed by atoms with Crippen molar-refractivity contribution in [1.82, 2.24) is 9.29 Å². The molecule has 0 radical (unpaired) electrons. The number of anilines is 2. The Morgan fingerprint density at radius 1 is 1.08 bits per heavy atom. The number of pyridine rings is 1. The maximum atomic E-state index is 12.8. The summed E-state index contributed by atoms with van der Waals surface area (Å²) in [5, 5.41) is 0. The number of aromatic nitrogens is 1. The zero-order valence-electron chi connectivity index (χ0n) is 15.1. The predicted molar refractivity (Wildman–Crippen MR) is 107 cm³/mol. The highest BCUT2D eigenvalue weighted by Crippen LogP contribution is 2.29. The van der Waals surface area contributed by atoms with Crippen molar-refractivity contribution in [2.24, 2.45) is 0 Å². The van der Waals surface area contributed by atoms with Crippen LogP contribution in [0.5, 0.6) is 0 Å². The van der Waals surface area contributed by atoms with E-state index in [1.807, 2.05) is 6.07 Å². The first-order valence-corrected chi connectivity index (χ1v) is 10.9. The van der Waals surface area contributed by atoms with E-state index in [1.54, 1.807) is 55.1 Å². The van der Waals surface area contributed by atoms with Gasteiger partial charge < -0.3 is 14.0 Å². The lowest BCUT2D eigenvalue weighted by atomic mass is 10.1. The van der Waals surface area contributed by atoms with Crippen molar-refractivity contribution in [1.29, 1.82) is 0 Å². The molecule has 1 aromatic carbocycles. The summed E-state index contributed by atoms with van der Waals surface area (Å²) in [7, 11) is 3.50. The fourth-order valence-electron chi connectivity index (χ4n) is 2.94. The van der Waals surface area contributed by atoms with Crippen molar-refractivity contribution < 1.29 is 9.11 Å². The third kappa shape index (κ3) is 4.63. The maximum Gasteiger partial charge on any atom is 0.185 e. The molecule has 1 aliphatic rings. The van der Waals surface area contributed by atoms with Crippen LogP contribution in [0, 0.1) is 0 Å². The van der Waals surface area contributed by atoms with E-state index in [0.717, 1.165) is 24.5 Å². The minimum Gasteiger partial charge on any atom is -0.593 e. The minimum absolute atomic E-state index is 0.589. The summed E-state index contributed by atoms with van der Waals surface area (Å²) in [5.74, 6) is 0. The lowest BCUT2D eigenvalue weighted by molar-refractivity contribution is 0.519. The molecule has 1 N–H and O–H groups in total. The second kappa shape index (κ2) is 8.96. The van der Waals surface area contributed by atoms with Crippen molar-refractivity contribution in [3.05, 3.63) is 42.7 Å². The fourth-order valence-corrected chi connectivity index (χ4v) is 4.77. The van der Waals surface area contributed by atoms with Crippen LogP contribution in [0.15, 0.2) is 52.5 Å². The first-order chi connectivity index (χ1) is 12.6. The van der Waals surface area contributed by atoms with Crippen molar-refractivity contribution >= 4 is 34.1 Å². The molecule has 0 saturated carbocycles. The number of nitrogens with one attached hydrogen (secondary N) is 1. The molecule has 2 unspecified atom stereocenters. The van der Waals surface area contributed by atoms with Gasteiger partial charge in [-0.3, -0.25) is 4.98 Å². The quantitative estimate of drug-likeness (QED) is 0.762. The summed E-state index contributed by atoms with van der Waals surface area (Å²) in [6.07, 6.45) is 7.07. The minimum atomic E-state index is -1.46.